The van der Waals surface area contributed by atoms with Gasteiger partial charge in [0.05, 0.1) is 5.92 Å². The minimum Gasteiger partial charge on any atom is -0.481 e. The van der Waals surface area contributed by atoms with E-state index < -0.39 is 5.97 Å². The number of rotatable bonds is 7. The van der Waals surface area contributed by atoms with Gasteiger partial charge in [-0.15, -0.1) is 6.58 Å². The molecular weight excluding hydrogens is 152 g/mol. The lowest BCUT2D eigenvalue weighted by atomic mass is 9.99. The van der Waals surface area contributed by atoms with Crippen LogP contribution in [0.15, 0.2) is 12.7 Å². The molecule has 0 aromatic heterocycles. The van der Waals surface area contributed by atoms with E-state index in [1.54, 1.807) is 0 Å². The first kappa shape index (κ1) is 11.2. The van der Waals surface area contributed by atoms with E-state index in [-0.39, 0.29) is 5.92 Å². The summed E-state index contributed by atoms with van der Waals surface area (Å²) in [7, 11) is 0. The van der Waals surface area contributed by atoms with E-state index in [4.69, 9.17) is 5.11 Å². The van der Waals surface area contributed by atoms with Gasteiger partial charge in [0.25, 0.3) is 0 Å². The molecule has 0 aliphatic carbocycles. The van der Waals surface area contributed by atoms with Crippen molar-refractivity contribution in [1.82, 2.24) is 0 Å². The zero-order chi connectivity index (χ0) is 9.40. The highest BCUT2D eigenvalue weighted by Crippen LogP contribution is 2.13. The van der Waals surface area contributed by atoms with Crippen molar-refractivity contribution >= 4 is 5.97 Å². The summed E-state index contributed by atoms with van der Waals surface area (Å²) in [4.78, 5) is 10.6. The molecule has 2 nitrogen and oxygen atoms in total. The first-order chi connectivity index (χ1) is 5.72. The highest BCUT2D eigenvalue weighted by Gasteiger charge is 2.13. The van der Waals surface area contributed by atoms with E-state index in [1.165, 1.54) is 0 Å². The monoisotopic (exact) mass is 170 g/mol. The van der Waals surface area contributed by atoms with Crippen molar-refractivity contribution < 1.29 is 9.90 Å². The smallest absolute Gasteiger partial charge is 0.306 e. The molecule has 0 bridgehead atoms. The fourth-order valence-corrected chi connectivity index (χ4v) is 1.18. The average molecular weight is 170 g/mol. The average Bonchev–Trinajstić information content (AvgIpc) is 2.04. The van der Waals surface area contributed by atoms with E-state index in [9.17, 15) is 4.79 Å². The van der Waals surface area contributed by atoms with Gasteiger partial charge in [-0.05, 0) is 25.7 Å². The molecule has 0 saturated carbocycles. The lowest BCUT2D eigenvalue weighted by Gasteiger charge is -2.07. The summed E-state index contributed by atoms with van der Waals surface area (Å²) in [6.45, 7) is 5.54. The molecule has 0 aromatic carbocycles. The van der Waals surface area contributed by atoms with Gasteiger partial charge in [-0.1, -0.05) is 19.4 Å². The largest absolute Gasteiger partial charge is 0.481 e. The van der Waals surface area contributed by atoms with Crippen LogP contribution in [0.3, 0.4) is 0 Å². The van der Waals surface area contributed by atoms with Gasteiger partial charge in [-0.25, -0.2) is 0 Å². The first-order valence-electron chi connectivity index (χ1n) is 4.56. The predicted molar refractivity (Wildman–Crippen MR) is 50.1 cm³/mol. The van der Waals surface area contributed by atoms with E-state index in [0.717, 1.165) is 32.1 Å². The Hall–Kier alpha value is -0.790. The summed E-state index contributed by atoms with van der Waals surface area (Å²) in [6.07, 6.45) is 6.48. The molecule has 1 unspecified atom stereocenters. The van der Waals surface area contributed by atoms with Crippen LogP contribution in [0.25, 0.3) is 0 Å². The Morgan fingerprint density at radius 2 is 2.25 bits per heavy atom. The van der Waals surface area contributed by atoms with E-state index >= 15 is 0 Å². The minimum atomic E-state index is -0.656. The van der Waals surface area contributed by atoms with Crippen LogP contribution < -0.4 is 0 Å². The number of carbonyl (C=O) groups is 1. The highest BCUT2D eigenvalue weighted by molar-refractivity contribution is 5.69. The normalized spacial score (nSPS) is 12.4. The summed E-state index contributed by atoms with van der Waals surface area (Å²) in [5, 5.41) is 8.71. The second kappa shape index (κ2) is 6.89. The molecule has 0 fully saturated rings. The standard InChI is InChI=1S/C10H18O2/c1-3-5-6-7-8-9(4-2)10(11)12/h3,9H,1,4-8H2,2H3,(H,11,12). The maximum Gasteiger partial charge on any atom is 0.306 e. The summed E-state index contributed by atoms with van der Waals surface area (Å²) >= 11 is 0. The van der Waals surface area contributed by atoms with Crippen molar-refractivity contribution in [3.05, 3.63) is 12.7 Å². The van der Waals surface area contributed by atoms with E-state index in [1.807, 2.05) is 13.0 Å². The third-order valence-corrected chi connectivity index (χ3v) is 2.05. The fourth-order valence-electron chi connectivity index (χ4n) is 1.18. The molecule has 0 aliphatic heterocycles. The molecule has 2 heteroatoms. The predicted octanol–water partition coefficient (Wildman–Crippen LogP) is 2.84. The molecule has 0 heterocycles. The van der Waals surface area contributed by atoms with Crippen molar-refractivity contribution in [3.8, 4) is 0 Å². The Balaban J connectivity index is 3.44. The Morgan fingerprint density at radius 3 is 2.67 bits per heavy atom. The second-order valence-electron chi connectivity index (χ2n) is 3.02. The third-order valence-electron chi connectivity index (χ3n) is 2.05. The zero-order valence-corrected chi connectivity index (χ0v) is 7.75. The Kier molecular flexibility index (Phi) is 6.44. The Labute approximate surface area is 74.3 Å². The number of carboxylic acids is 1. The third kappa shape index (κ3) is 4.94. The van der Waals surface area contributed by atoms with E-state index in [0.29, 0.717) is 0 Å². The maximum absolute atomic E-state index is 10.6. The van der Waals surface area contributed by atoms with E-state index in [2.05, 4.69) is 6.58 Å². The Morgan fingerprint density at radius 1 is 1.58 bits per heavy atom. The quantitative estimate of drug-likeness (QED) is 0.471. The molecule has 0 radical (unpaired) electrons. The summed E-state index contributed by atoms with van der Waals surface area (Å²) in [6, 6.07) is 0. The van der Waals surface area contributed by atoms with Gasteiger partial charge in [0.2, 0.25) is 0 Å². The first-order valence-corrected chi connectivity index (χ1v) is 4.56. The van der Waals surface area contributed by atoms with Crippen molar-refractivity contribution in [2.45, 2.75) is 39.0 Å². The van der Waals surface area contributed by atoms with Crippen molar-refractivity contribution in [2.24, 2.45) is 5.92 Å². The lowest BCUT2D eigenvalue weighted by molar-refractivity contribution is -0.142. The van der Waals surface area contributed by atoms with Gasteiger partial charge in [-0.2, -0.15) is 0 Å². The van der Waals surface area contributed by atoms with Gasteiger partial charge >= 0.3 is 5.97 Å². The minimum absolute atomic E-state index is 0.144. The molecule has 0 aromatic rings. The van der Waals surface area contributed by atoms with Crippen LogP contribution in [-0.4, -0.2) is 11.1 Å². The van der Waals surface area contributed by atoms with Crippen molar-refractivity contribution in [2.75, 3.05) is 0 Å². The molecule has 70 valence electrons. The molecule has 0 saturated heterocycles. The summed E-state index contributed by atoms with van der Waals surface area (Å²) in [5.74, 6) is -0.800. The molecule has 0 aliphatic rings. The molecule has 0 rings (SSSR count). The molecule has 1 N–H and O–H groups in total. The van der Waals surface area contributed by atoms with Gasteiger partial charge < -0.3 is 5.11 Å². The molecule has 12 heavy (non-hydrogen) atoms. The van der Waals surface area contributed by atoms with Crippen molar-refractivity contribution in [1.29, 1.82) is 0 Å². The number of hydrogen-bond acceptors (Lipinski definition) is 1. The number of carboxylic acid groups (broad SMARTS) is 1. The SMILES string of the molecule is C=CCCCCC(CC)C(=O)O. The molecule has 0 spiro atoms. The molecular formula is C10H18O2. The highest BCUT2D eigenvalue weighted by atomic mass is 16.4. The molecule has 1 atom stereocenters. The van der Waals surface area contributed by atoms with Gasteiger partial charge in [-0.3, -0.25) is 4.79 Å². The summed E-state index contributed by atoms with van der Waals surface area (Å²) < 4.78 is 0. The van der Waals surface area contributed by atoms with Crippen LogP contribution in [0.5, 0.6) is 0 Å². The molecule has 0 amide bonds. The van der Waals surface area contributed by atoms with Crippen LogP contribution in [0.1, 0.15) is 39.0 Å². The van der Waals surface area contributed by atoms with Gasteiger partial charge in [0.1, 0.15) is 0 Å². The summed E-state index contributed by atoms with van der Waals surface area (Å²) in [5.41, 5.74) is 0. The number of hydrogen-bond donors (Lipinski definition) is 1. The van der Waals surface area contributed by atoms with Crippen LogP contribution in [0.4, 0.5) is 0 Å². The zero-order valence-electron chi connectivity index (χ0n) is 7.75. The van der Waals surface area contributed by atoms with Gasteiger partial charge in [0, 0.05) is 0 Å². The second-order valence-corrected chi connectivity index (χ2v) is 3.02. The van der Waals surface area contributed by atoms with Crippen LogP contribution in [0, 0.1) is 5.92 Å². The number of unbranched alkanes of at least 4 members (excludes halogenated alkanes) is 2. The topological polar surface area (TPSA) is 37.3 Å². The Bertz CT molecular complexity index is 141. The maximum atomic E-state index is 10.6. The van der Waals surface area contributed by atoms with Crippen LogP contribution in [0.2, 0.25) is 0 Å². The lowest BCUT2D eigenvalue weighted by Crippen LogP contribution is -2.12. The fraction of sp³-hybridized carbons (Fsp3) is 0.700. The van der Waals surface area contributed by atoms with Gasteiger partial charge in [0.15, 0.2) is 0 Å². The van der Waals surface area contributed by atoms with Crippen molar-refractivity contribution in [3.63, 3.8) is 0 Å². The number of aliphatic carboxylic acids is 1. The number of allylic oxidation sites excluding steroid dienone is 1. The van der Waals surface area contributed by atoms with Crippen LogP contribution >= 0.6 is 0 Å². The van der Waals surface area contributed by atoms with Crippen LogP contribution in [-0.2, 0) is 4.79 Å².